The number of carbonyl (C=O) groups is 1. The molecule has 0 bridgehead atoms. The van der Waals surface area contributed by atoms with Crippen molar-refractivity contribution in [3.05, 3.63) is 0 Å². The highest BCUT2D eigenvalue weighted by Gasteiger charge is 2.06. The van der Waals surface area contributed by atoms with E-state index in [1.165, 1.54) is 0 Å². The van der Waals surface area contributed by atoms with Gasteiger partial charge in [-0.15, -0.1) is 0 Å². The monoisotopic (exact) mass is 205 g/mol. The van der Waals surface area contributed by atoms with E-state index < -0.39 is 0 Å². The number of esters is 1. The molecule has 14 heavy (non-hydrogen) atoms. The summed E-state index contributed by atoms with van der Waals surface area (Å²) in [5.74, 6) is -0.146. The van der Waals surface area contributed by atoms with E-state index in [-0.39, 0.29) is 11.9 Å². The Morgan fingerprint density at radius 2 is 1.64 bits per heavy atom. The Labute approximate surface area is 89.2 Å². The highest BCUT2D eigenvalue weighted by Crippen LogP contribution is 1.94. The second-order valence-corrected chi connectivity index (χ2v) is 2.43. The highest BCUT2D eigenvalue weighted by molar-refractivity contribution is 5.71. The Morgan fingerprint density at radius 3 is 1.93 bits per heavy atom. The number of nitrogens with one attached hydrogen (secondary N) is 1. The lowest BCUT2D eigenvalue weighted by Gasteiger charge is -2.05. The molecule has 0 amide bonds. The lowest BCUT2D eigenvalue weighted by atomic mass is 10.2. The molecule has 0 atom stereocenters. The molecule has 3 nitrogen and oxygen atoms in total. The van der Waals surface area contributed by atoms with E-state index in [1.807, 2.05) is 48.6 Å². The van der Waals surface area contributed by atoms with Crippen LogP contribution in [0.25, 0.3) is 0 Å². The quantitative estimate of drug-likeness (QED) is 0.566. The van der Waals surface area contributed by atoms with Crippen molar-refractivity contribution in [2.24, 2.45) is 5.92 Å². The molecule has 0 aromatic carbocycles. The fourth-order valence-electron chi connectivity index (χ4n) is 0.420. The maximum Gasteiger partial charge on any atom is 0.308 e. The van der Waals surface area contributed by atoms with Crippen molar-refractivity contribution >= 4 is 5.97 Å². The summed E-state index contributed by atoms with van der Waals surface area (Å²) in [5.41, 5.74) is 0. The van der Waals surface area contributed by atoms with E-state index >= 15 is 0 Å². The van der Waals surface area contributed by atoms with Crippen molar-refractivity contribution < 1.29 is 9.53 Å². The molecule has 88 valence electrons. The van der Waals surface area contributed by atoms with Gasteiger partial charge < -0.3 is 10.1 Å². The Balaban J connectivity index is -0.000000266. The number of rotatable bonds is 4. The van der Waals surface area contributed by atoms with Crippen LogP contribution >= 0.6 is 0 Å². The Morgan fingerprint density at radius 1 is 1.21 bits per heavy atom. The summed E-state index contributed by atoms with van der Waals surface area (Å²) >= 11 is 0. The summed E-state index contributed by atoms with van der Waals surface area (Å²) in [6, 6.07) is 0. The van der Waals surface area contributed by atoms with Crippen LogP contribution in [0.4, 0.5) is 0 Å². The van der Waals surface area contributed by atoms with Gasteiger partial charge in [-0.1, -0.05) is 41.5 Å². The van der Waals surface area contributed by atoms with E-state index in [2.05, 4.69) is 5.32 Å². The van der Waals surface area contributed by atoms with Gasteiger partial charge in [-0.2, -0.15) is 0 Å². The number of hydrogen-bond acceptors (Lipinski definition) is 3. The average molecular weight is 205 g/mol. The molecule has 0 saturated heterocycles. The second kappa shape index (κ2) is 18.3. The third kappa shape index (κ3) is 17.5. The maximum atomic E-state index is 10.8. The first-order valence-corrected chi connectivity index (χ1v) is 5.49. The normalized spacial score (nSPS) is 8.00. The zero-order chi connectivity index (χ0) is 12.0. The van der Waals surface area contributed by atoms with Crippen LogP contribution in [0.3, 0.4) is 0 Å². The van der Waals surface area contributed by atoms with Gasteiger partial charge in [-0.25, -0.2) is 0 Å². The first-order chi connectivity index (χ1) is 6.68. The predicted octanol–water partition coefficient (Wildman–Crippen LogP) is 2.46. The summed E-state index contributed by atoms with van der Waals surface area (Å²) in [4.78, 5) is 10.8. The minimum absolute atomic E-state index is 0.0168. The number of likely N-dealkylation sites (N-methyl/N-ethyl adjacent to an activating group) is 1. The third-order valence-electron chi connectivity index (χ3n) is 1.07. The van der Waals surface area contributed by atoms with Crippen molar-refractivity contribution in [2.75, 3.05) is 20.2 Å². The molecule has 1 N–H and O–H groups in total. The molecule has 0 radical (unpaired) electrons. The summed E-state index contributed by atoms with van der Waals surface area (Å²) in [7, 11) is 1.82. The molecule has 0 saturated carbocycles. The minimum atomic E-state index is -0.129. The molecule has 0 aromatic heterocycles. The van der Waals surface area contributed by atoms with E-state index in [4.69, 9.17) is 4.74 Å². The molecule has 0 aliphatic carbocycles. The number of carbonyl (C=O) groups excluding carboxylic acids is 1. The van der Waals surface area contributed by atoms with Gasteiger partial charge in [-0.3, -0.25) is 4.79 Å². The van der Waals surface area contributed by atoms with Gasteiger partial charge in [0.05, 0.1) is 5.92 Å². The highest BCUT2D eigenvalue weighted by atomic mass is 16.5. The second-order valence-electron chi connectivity index (χ2n) is 2.43. The lowest BCUT2D eigenvalue weighted by molar-refractivity contribution is -0.147. The molecule has 0 heterocycles. The molecule has 0 fully saturated rings. The number of ether oxygens (including phenoxy) is 1. The van der Waals surface area contributed by atoms with Crippen LogP contribution in [-0.2, 0) is 9.53 Å². The molecule has 0 aliphatic heterocycles. The molecule has 0 spiro atoms. The zero-order valence-electron chi connectivity index (χ0n) is 10.8. The smallest absolute Gasteiger partial charge is 0.308 e. The molecule has 0 aliphatic rings. The van der Waals surface area contributed by atoms with Crippen molar-refractivity contribution in [1.82, 2.24) is 5.32 Å². The molecule has 0 unspecified atom stereocenters. The van der Waals surface area contributed by atoms with Crippen LogP contribution in [0.5, 0.6) is 0 Å². The van der Waals surface area contributed by atoms with E-state index in [9.17, 15) is 4.79 Å². The first-order valence-electron chi connectivity index (χ1n) is 5.49. The summed E-state index contributed by atoms with van der Waals surface area (Å²) in [6.45, 7) is 12.8. The Bertz CT molecular complexity index is 103. The molecule has 3 heteroatoms. The first kappa shape index (κ1) is 19.1. The fraction of sp³-hybridized carbons (Fsp3) is 0.909. The minimum Gasteiger partial charge on any atom is -0.464 e. The van der Waals surface area contributed by atoms with Crippen molar-refractivity contribution in [3.8, 4) is 0 Å². The predicted molar refractivity (Wildman–Crippen MR) is 62.4 cm³/mol. The Kier molecular flexibility index (Phi) is 24.9. The molecule has 0 aromatic rings. The van der Waals surface area contributed by atoms with Gasteiger partial charge >= 0.3 is 5.97 Å². The van der Waals surface area contributed by atoms with Crippen LogP contribution < -0.4 is 5.32 Å². The van der Waals surface area contributed by atoms with Gasteiger partial charge in [0.1, 0.15) is 6.61 Å². The summed E-state index contributed by atoms with van der Waals surface area (Å²) < 4.78 is 4.84. The average Bonchev–Trinajstić information content (AvgIpc) is 2.24. The largest absolute Gasteiger partial charge is 0.464 e. The van der Waals surface area contributed by atoms with Crippen molar-refractivity contribution in [2.45, 2.75) is 41.5 Å². The summed E-state index contributed by atoms with van der Waals surface area (Å²) in [5, 5.41) is 2.88. The van der Waals surface area contributed by atoms with Crippen LogP contribution in [0.2, 0.25) is 0 Å². The van der Waals surface area contributed by atoms with Crippen LogP contribution in [0.1, 0.15) is 41.5 Å². The van der Waals surface area contributed by atoms with Gasteiger partial charge in [0.25, 0.3) is 0 Å². The molecular formula is C11H27NO2. The van der Waals surface area contributed by atoms with Crippen molar-refractivity contribution in [1.29, 1.82) is 0 Å². The van der Waals surface area contributed by atoms with Crippen molar-refractivity contribution in [3.63, 3.8) is 0 Å². The van der Waals surface area contributed by atoms with Gasteiger partial charge in [-0.05, 0) is 7.05 Å². The van der Waals surface area contributed by atoms with Crippen LogP contribution in [0.15, 0.2) is 0 Å². The van der Waals surface area contributed by atoms with Crippen LogP contribution in [-0.4, -0.2) is 26.2 Å². The fourth-order valence-corrected chi connectivity index (χ4v) is 0.420. The molecule has 0 rings (SSSR count). The maximum absolute atomic E-state index is 10.8. The third-order valence-corrected chi connectivity index (χ3v) is 1.07. The van der Waals surface area contributed by atoms with Crippen LogP contribution in [0, 0.1) is 5.92 Å². The summed E-state index contributed by atoms with van der Waals surface area (Å²) in [6.07, 6.45) is 0. The topological polar surface area (TPSA) is 38.3 Å². The van der Waals surface area contributed by atoms with Gasteiger partial charge in [0.2, 0.25) is 0 Å². The standard InChI is InChI=1S/C7H15NO2.2C2H6/c1-6(2)7(9)10-5-4-8-3;2*1-2/h6,8H,4-5H2,1-3H3;2*1-2H3. The van der Waals surface area contributed by atoms with Gasteiger partial charge in [0.15, 0.2) is 0 Å². The van der Waals surface area contributed by atoms with E-state index in [0.717, 1.165) is 6.54 Å². The zero-order valence-corrected chi connectivity index (χ0v) is 10.8. The van der Waals surface area contributed by atoms with E-state index in [1.54, 1.807) is 0 Å². The Hall–Kier alpha value is -0.570. The lowest BCUT2D eigenvalue weighted by Crippen LogP contribution is -2.19. The molecular weight excluding hydrogens is 178 g/mol. The SMILES string of the molecule is CC.CC.CNCCOC(=O)C(C)C. The van der Waals surface area contributed by atoms with E-state index in [0.29, 0.717) is 6.61 Å². The number of hydrogen-bond donors (Lipinski definition) is 1. The van der Waals surface area contributed by atoms with Gasteiger partial charge in [0, 0.05) is 6.54 Å².